The number of nitrogens with zero attached hydrogens (tertiary/aromatic N) is 1. The molecule has 2 aliphatic carbocycles. The summed E-state index contributed by atoms with van der Waals surface area (Å²) < 4.78 is 2.65. The Labute approximate surface area is 305 Å². The number of anilines is 3. The zero-order chi connectivity index (χ0) is 33.8. The van der Waals surface area contributed by atoms with Crippen LogP contribution in [0.1, 0.15) is 57.4 Å². The smallest absolute Gasteiger partial charge is 0.0540 e. The molecule has 1 aromatic heterocycles. The lowest BCUT2D eigenvalue weighted by Crippen LogP contribution is -2.21. The van der Waals surface area contributed by atoms with Gasteiger partial charge in [0.25, 0.3) is 0 Å². The second kappa shape index (κ2) is 11.3. The molecule has 0 N–H and O–H groups in total. The van der Waals surface area contributed by atoms with Crippen molar-refractivity contribution in [3.05, 3.63) is 174 Å². The van der Waals surface area contributed by atoms with Crippen LogP contribution in [0.2, 0.25) is 0 Å². The Hall–Kier alpha value is -5.44. The first-order chi connectivity index (χ1) is 24.3. The lowest BCUT2D eigenvalue weighted by atomic mass is 9.81. The van der Waals surface area contributed by atoms with Crippen LogP contribution in [0, 0.1) is 0 Å². The lowest BCUT2D eigenvalue weighted by molar-refractivity contribution is 0.660. The summed E-state index contributed by atoms with van der Waals surface area (Å²) in [7, 11) is 0. The van der Waals surface area contributed by atoms with Crippen LogP contribution < -0.4 is 4.90 Å². The van der Waals surface area contributed by atoms with Crippen molar-refractivity contribution in [3.63, 3.8) is 0 Å². The maximum atomic E-state index is 2.55. The molecule has 0 radical (unpaired) electrons. The molecule has 8 aromatic rings. The monoisotopic (exact) mass is 675 g/mol. The van der Waals surface area contributed by atoms with Crippen LogP contribution in [0.15, 0.2) is 152 Å². The molecule has 0 saturated heterocycles. The first-order valence-electron chi connectivity index (χ1n) is 17.6. The predicted octanol–water partition coefficient (Wildman–Crippen LogP) is 14.4. The van der Waals surface area contributed by atoms with Crippen molar-refractivity contribution >= 4 is 48.6 Å². The van der Waals surface area contributed by atoms with Crippen LogP contribution >= 0.6 is 11.3 Å². The fourth-order valence-corrected chi connectivity index (χ4v) is 10.2. The van der Waals surface area contributed by atoms with Crippen LogP contribution in [0.3, 0.4) is 0 Å². The molecule has 1 nitrogen and oxygen atoms in total. The fraction of sp³-hybridized carbons (Fsp3) is 0.143. The largest absolute Gasteiger partial charge is 0.310 e. The van der Waals surface area contributed by atoms with E-state index in [0.717, 1.165) is 0 Å². The van der Waals surface area contributed by atoms with E-state index in [1.54, 1.807) is 0 Å². The standard InChI is InChI=1S/C48H37NS.CH4/c1-47(2)39-19-9-6-16-34(39)38-29-31(25-27-41(38)47)49(43-22-13-18-37-33-15-5-10-20-40(33)48(3,4)46(37)43)42-21-11-7-14-32(42)30-24-26-36-35-17-8-12-23-44(35)50-45(36)28-30;/h5-29H,1-4H3;1H4. The third kappa shape index (κ3) is 4.46. The summed E-state index contributed by atoms with van der Waals surface area (Å²) in [5.74, 6) is 0. The maximum Gasteiger partial charge on any atom is 0.0540 e. The minimum Gasteiger partial charge on any atom is -0.310 e. The van der Waals surface area contributed by atoms with Gasteiger partial charge in [0.1, 0.15) is 0 Å². The van der Waals surface area contributed by atoms with Gasteiger partial charge in [-0.3, -0.25) is 0 Å². The highest BCUT2D eigenvalue weighted by molar-refractivity contribution is 7.25. The fourth-order valence-electron chi connectivity index (χ4n) is 9.07. The Kier molecular flexibility index (Phi) is 6.98. The third-order valence-electron chi connectivity index (χ3n) is 11.5. The summed E-state index contributed by atoms with van der Waals surface area (Å²) in [5, 5.41) is 2.65. The Bertz CT molecular complexity index is 2670. The van der Waals surface area contributed by atoms with Gasteiger partial charge < -0.3 is 4.90 Å². The lowest BCUT2D eigenvalue weighted by Gasteiger charge is -2.34. The van der Waals surface area contributed by atoms with Crippen LogP contribution in [0.5, 0.6) is 0 Å². The molecular weight excluding hydrogens is 635 g/mol. The summed E-state index contributed by atoms with van der Waals surface area (Å²) in [6.45, 7) is 9.50. The van der Waals surface area contributed by atoms with Crippen molar-refractivity contribution in [3.8, 4) is 33.4 Å². The average Bonchev–Trinajstić information content (AvgIpc) is 3.72. The van der Waals surface area contributed by atoms with Crippen molar-refractivity contribution in [1.82, 2.24) is 0 Å². The predicted molar refractivity (Wildman–Crippen MR) is 221 cm³/mol. The van der Waals surface area contributed by atoms with Crippen molar-refractivity contribution in [2.75, 3.05) is 4.90 Å². The number of benzene rings is 7. The normalized spacial score (nSPS) is 14.4. The molecule has 0 amide bonds. The van der Waals surface area contributed by atoms with Gasteiger partial charge in [-0.05, 0) is 86.5 Å². The maximum absolute atomic E-state index is 2.55. The highest BCUT2D eigenvalue weighted by Crippen LogP contribution is 2.56. The molecule has 0 atom stereocenters. The number of fused-ring (bicyclic) bond motifs is 9. The first-order valence-corrected chi connectivity index (χ1v) is 18.4. The van der Waals surface area contributed by atoms with Crippen LogP contribution in [0.25, 0.3) is 53.6 Å². The second-order valence-corrected chi connectivity index (χ2v) is 16.0. The highest BCUT2D eigenvalue weighted by atomic mass is 32.1. The summed E-state index contributed by atoms with van der Waals surface area (Å²) in [6.07, 6.45) is 0. The van der Waals surface area contributed by atoms with Crippen LogP contribution in [0.4, 0.5) is 17.1 Å². The molecule has 7 aromatic carbocycles. The second-order valence-electron chi connectivity index (χ2n) is 14.9. The molecule has 0 fully saturated rings. The van der Waals surface area contributed by atoms with E-state index in [1.807, 2.05) is 11.3 Å². The number of hydrogen-bond acceptors (Lipinski definition) is 2. The minimum atomic E-state index is -0.170. The average molecular weight is 676 g/mol. The van der Waals surface area contributed by atoms with E-state index < -0.39 is 0 Å². The topological polar surface area (TPSA) is 3.24 Å². The molecule has 51 heavy (non-hydrogen) atoms. The van der Waals surface area contributed by atoms with Gasteiger partial charge in [-0.15, -0.1) is 11.3 Å². The Morgan fingerprint density at radius 1 is 0.431 bits per heavy atom. The zero-order valence-corrected chi connectivity index (χ0v) is 29.6. The molecule has 2 heteroatoms. The molecule has 0 saturated carbocycles. The first kappa shape index (κ1) is 31.5. The SMILES string of the molecule is C.CC1(C)c2ccccc2-c2cc(N(c3ccccc3-c3ccc4c(c3)sc3ccccc34)c3cccc4c3C(C)(C)c3ccccc3-4)ccc21. The van der Waals surface area contributed by atoms with E-state index in [9.17, 15) is 0 Å². The molecule has 0 bridgehead atoms. The van der Waals surface area contributed by atoms with E-state index in [4.69, 9.17) is 0 Å². The van der Waals surface area contributed by atoms with Gasteiger partial charge in [0, 0.05) is 42.3 Å². The molecule has 2 aliphatic rings. The molecule has 0 spiro atoms. The van der Waals surface area contributed by atoms with Gasteiger partial charge in [0.15, 0.2) is 0 Å². The molecule has 248 valence electrons. The number of hydrogen-bond donors (Lipinski definition) is 0. The summed E-state index contributed by atoms with van der Waals surface area (Å²) in [6, 6.07) is 56.8. The van der Waals surface area contributed by atoms with Gasteiger partial charge >= 0.3 is 0 Å². The van der Waals surface area contributed by atoms with Crippen molar-refractivity contribution in [2.45, 2.75) is 46.0 Å². The van der Waals surface area contributed by atoms with Gasteiger partial charge in [-0.1, -0.05) is 150 Å². The molecular formula is C49H41NS. The van der Waals surface area contributed by atoms with Crippen molar-refractivity contribution in [1.29, 1.82) is 0 Å². The molecule has 10 rings (SSSR count). The molecule has 0 unspecified atom stereocenters. The van der Waals surface area contributed by atoms with Crippen LogP contribution in [-0.2, 0) is 10.8 Å². The minimum absolute atomic E-state index is 0. The van der Waals surface area contributed by atoms with E-state index in [-0.39, 0.29) is 18.3 Å². The Morgan fingerprint density at radius 2 is 1.02 bits per heavy atom. The Morgan fingerprint density at radius 3 is 1.82 bits per heavy atom. The van der Waals surface area contributed by atoms with E-state index in [1.165, 1.54) is 92.9 Å². The third-order valence-corrected chi connectivity index (χ3v) is 12.6. The van der Waals surface area contributed by atoms with E-state index in [2.05, 4.69) is 184 Å². The van der Waals surface area contributed by atoms with E-state index in [0.29, 0.717) is 0 Å². The summed E-state index contributed by atoms with van der Waals surface area (Å²) in [5.41, 5.74) is 16.7. The number of thiophene rings is 1. The number of rotatable bonds is 4. The summed E-state index contributed by atoms with van der Waals surface area (Å²) in [4.78, 5) is 2.55. The van der Waals surface area contributed by atoms with Gasteiger partial charge in [0.2, 0.25) is 0 Å². The molecule has 0 aliphatic heterocycles. The van der Waals surface area contributed by atoms with Gasteiger partial charge in [-0.2, -0.15) is 0 Å². The van der Waals surface area contributed by atoms with E-state index >= 15 is 0 Å². The highest BCUT2D eigenvalue weighted by Gasteiger charge is 2.40. The zero-order valence-electron chi connectivity index (χ0n) is 28.8. The van der Waals surface area contributed by atoms with Gasteiger partial charge in [0.05, 0.1) is 11.4 Å². The van der Waals surface area contributed by atoms with Crippen molar-refractivity contribution in [2.24, 2.45) is 0 Å². The molecule has 1 heterocycles. The summed E-state index contributed by atoms with van der Waals surface area (Å²) >= 11 is 1.88. The Balaban J connectivity index is 0.00000348. The van der Waals surface area contributed by atoms with Gasteiger partial charge in [-0.25, -0.2) is 0 Å². The van der Waals surface area contributed by atoms with Crippen LogP contribution in [-0.4, -0.2) is 0 Å². The quantitative estimate of drug-likeness (QED) is 0.179. The van der Waals surface area contributed by atoms with Crippen molar-refractivity contribution < 1.29 is 0 Å². The number of para-hydroxylation sites is 1.